The monoisotopic (exact) mass is 294 g/mol. The molecule has 1 unspecified atom stereocenters. The van der Waals surface area contributed by atoms with Crippen LogP contribution in [0.25, 0.3) is 0 Å². The molecular formula is C15H22N2O4. The molecule has 0 fully saturated rings. The fourth-order valence-corrected chi connectivity index (χ4v) is 1.51. The summed E-state index contributed by atoms with van der Waals surface area (Å²) in [6, 6.07) is 3.48. The van der Waals surface area contributed by atoms with Crippen molar-refractivity contribution in [3.8, 4) is 5.75 Å². The SMILES string of the molecule is CC(CNC(=O)Nc1ccc(O)c(C(=O)O)c1)C(C)(C)C. The van der Waals surface area contributed by atoms with Gasteiger partial charge >= 0.3 is 12.0 Å². The molecule has 6 nitrogen and oxygen atoms in total. The van der Waals surface area contributed by atoms with Crippen molar-refractivity contribution in [1.29, 1.82) is 0 Å². The summed E-state index contributed by atoms with van der Waals surface area (Å²) < 4.78 is 0. The highest BCUT2D eigenvalue weighted by Gasteiger charge is 2.20. The van der Waals surface area contributed by atoms with Gasteiger partial charge in [0.2, 0.25) is 0 Å². The Bertz CT molecular complexity index is 535. The molecule has 1 atom stereocenters. The number of carboxylic acid groups (broad SMARTS) is 1. The summed E-state index contributed by atoms with van der Waals surface area (Å²) in [6.45, 7) is 8.84. The number of aromatic carboxylic acids is 1. The highest BCUT2D eigenvalue weighted by molar-refractivity contribution is 5.95. The minimum absolute atomic E-state index is 0.0856. The van der Waals surface area contributed by atoms with Crippen LogP contribution in [0.5, 0.6) is 5.75 Å². The fourth-order valence-electron chi connectivity index (χ4n) is 1.51. The van der Waals surface area contributed by atoms with Crippen molar-refractivity contribution in [1.82, 2.24) is 5.32 Å². The van der Waals surface area contributed by atoms with Gasteiger partial charge in [-0.05, 0) is 29.5 Å². The van der Waals surface area contributed by atoms with E-state index < -0.39 is 12.0 Å². The molecule has 1 aromatic carbocycles. The van der Waals surface area contributed by atoms with Gasteiger partial charge in [0.25, 0.3) is 0 Å². The number of hydrogen-bond acceptors (Lipinski definition) is 3. The first-order valence-corrected chi connectivity index (χ1v) is 6.72. The molecule has 0 heterocycles. The van der Waals surface area contributed by atoms with Crippen LogP contribution in [0.3, 0.4) is 0 Å². The lowest BCUT2D eigenvalue weighted by Crippen LogP contribution is -2.36. The number of amides is 2. The largest absolute Gasteiger partial charge is 0.507 e. The number of carbonyl (C=O) groups is 2. The highest BCUT2D eigenvalue weighted by atomic mass is 16.4. The van der Waals surface area contributed by atoms with Crippen molar-refractivity contribution >= 4 is 17.7 Å². The number of carbonyl (C=O) groups excluding carboxylic acids is 1. The number of nitrogens with one attached hydrogen (secondary N) is 2. The Labute approximate surface area is 124 Å². The first-order valence-electron chi connectivity index (χ1n) is 6.72. The Balaban J connectivity index is 2.64. The van der Waals surface area contributed by atoms with E-state index in [2.05, 4.69) is 31.4 Å². The number of urea groups is 1. The van der Waals surface area contributed by atoms with E-state index in [9.17, 15) is 14.7 Å². The van der Waals surface area contributed by atoms with Gasteiger partial charge in [0.15, 0.2) is 0 Å². The van der Waals surface area contributed by atoms with Gasteiger partial charge in [0.1, 0.15) is 11.3 Å². The molecule has 1 aromatic rings. The number of carboxylic acids is 1. The van der Waals surface area contributed by atoms with Gasteiger partial charge in [-0.3, -0.25) is 0 Å². The first-order chi connectivity index (χ1) is 9.61. The van der Waals surface area contributed by atoms with Gasteiger partial charge < -0.3 is 20.8 Å². The minimum atomic E-state index is -1.25. The number of rotatable bonds is 4. The molecule has 0 radical (unpaired) electrons. The van der Waals surface area contributed by atoms with E-state index in [-0.39, 0.29) is 22.6 Å². The van der Waals surface area contributed by atoms with E-state index in [0.29, 0.717) is 12.2 Å². The second kappa shape index (κ2) is 6.47. The molecule has 4 N–H and O–H groups in total. The summed E-state index contributed by atoms with van der Waals surface area (Å²) in [5.74, 6) is -1.30. The number of aromatic hydroxyl groups is 1. The van der Waals surface area contributed by atoms with Crippen LogP contribution in [0.1, 0.15) is 38.1 Å². The number of anilines is 1. The van der Waals surface area contributed by atoms with E-state index in [4.69, 9.17) is 5.11 Å². The van der Waals surface area contributed by atoms with Gasteiger partial charge in [-0.15, -0.1) is 0 Å². The van der Waals surface area contributed by atoms with E-state index in [0.717, 1.165) is 0 Å². The summed E-state index contributed by atoms with van der Waals surface area (Å²) in [4.78, 5) is 22.7. The standard InChI is InChI=1S/C15H22N2O4/c1-9(15(2,3)4)8-16-14(21)17-10-5-6-12(18)11(7-10)13(19)20/h5-7,9,18H,8H2,1-4H3,(H,19,20)(H2,16,17,21). The topological polar surface area (TPSA) is 98.7 Å². The zero-order valence-corrected chi connectivity index (χ0v) is 12.7. The molecule has 0 aliphatic heterocycles. The lowest BCUT2D eigenvalue weighted by molar-refractivity contribution is 0.0693. The molecule has 116 valence electrons. The highest BCUT2D eigenvalue weighted by Crippen LogP contribution is 2.24. The van der Waals surface area contributed by atoms with E-state index in [1.165, 1.54) is 18.2 Å². The van der Waals surface area contributed by atoms with Gasteiger partial charge in [-0.1, -0.05) is 27.7 Å². The Kier molecular flexibility index (Phi) is 5.18. The zero-order chi connectivity index (χ0) is 16.2. The second-order valence-corrected chi connectivity index (χ2v) is 6.14. The van der Waals surface area contributed by atoms with Crippen molar-refractivity contribution in [3.63, 3.8) is 0 Å². The molecule has 6 heteroatoms. The predicted molar refractivity (Wildman–Crippen MR) is 80.7 cm³/mol. The average Bonchev–Trinajstić information content (AvgIpc) is 2.36. The van der Waals surface area contributed by atoms with E-state index >= 15 is 0 Å². The quantitative estimate of drug-likeness (QED) is 0.642. The van der Waals surface area contributed by atoms with Crippen molar-refractivity contribution in [2.24, 2.45) is 11.3 Å². The number of phenols is 1. The summed E-state index contributed by atoms with van der Waals surface area (Å²) in [5, 5.41) is 23.6. The summed E-state index contributed by atoms with van der Waals surface area (Å²) in [7, 11) is 0. The maximum atomic E-state index is 11.8. The molecule has 0 bridgehead atoms. The third-order valence-corrected chi connectivity index (χ3v) is 3.53. The van der Waals surface area contributed by atoms with Crippen molar-refractivity contribution in [2.75, 3.05) is 11.9 Å². The molecular weight excluding hydrogens is 272 g/mol. The maximum absolute atomic E-state index is 11.8. The smallest absolute Gasteiger partial charge is 0.339 e. The lowest BCUT2D eigenvalue weighted by atomic mass is 9.82. The Hall–Kier alpha value is -2.24. The minimum Gasteiger partial charge on any atom is -0.507 e. The Morgan fingerprint density at radius 1 is 1.29 bits per heavy atom. The van der Waals surface area contributed by atoms with Crippen LogP contribution < -0.4 is 10.6 Å². The van der Waals surface area contributed by atoms with Crippen molar-refractivity contribution < 1.29 is 19.8 Å². The molecule has 0 saturated heterocycles. The van der Waals surface area contributed by atoms with Gasteiger partial charge in [-0.25, -0.2) is 9.59 Å². The molecule has 0 aliphatic carbocycles. The van der Waals surface area contributed by atoms with Crippen LogP contribution in [-0.4, -0.2) is 28.8 Å². The van der Waals surface area contributed by atoms with E-state index in [1.54, 1.807) is 0 Å². The number of benzene rings is 1. The van der Waals surface area contributed by atoms with Crippen LogP contribution >= 0.6 is 0 Å². The third-order valence-electron chi connectivity index (χ3n) is 3.53. The van der Waals surface area contributed by atoms with Crippen LogP contribution in [0, 0.1) is 11.3 Å². The average molecular weight is 294 g/mol. The normalized spacial score (nSPS) is 12.6. The molecule has 21 heavy (non-hydrogen) atoms. The predicted octanol–water partition coefficient (Wildman–Crippen LogP) is 2.89. The third kappa shape index (κ3) is 4.98. The molecule has 0 spiro atoms. The molecule has 0 aromatic heterocycles. The van der Waals surface area contributed by atoms with Crippen LogP contribution in [0.4, 0.5) is 10.5 Å². The van der Waals surface area contributed by atoms with E-state index in [1.807, 2.05) is 6.92 Å². The summed E-state index contributed by atoms with van der Waals surface area (Å²) in [5.41, 5.74) is 0.143. The summed E-state index contributed by atoms with van der Waals surface area (Å²) >= 11 is 0. The van der Waals surface area contributed by atoms with Crippen molar-refractivity contribution in [3.05, 3.63) is 23.8 Å². The van der Waals surface area contributed by atoms with Crippen LogP contribution in [-0.2, 0) is 0 Å². The molecule has 0 saturated carbocycles. The lowest BCUT2D eigenvalue weighted by Gasteiger charge is -2.27. The number of hydrogen-bond donors (Lipinski definition) is 4. The van der Waals surface area contributed by atoms with Crippen LogP contribution in [0.2, 0.25) is 0 Å². The van der Waals surface area contributed by atoms with Gasteiger partial charge in [0.05, 0.1) is 0 Å². The van der Waals surface area contributed by atoms with Gasteiger partial charge in [0, 0.05) is 12.2 Å². The van der Waals surface area contributed by atoms with Crippen LogP contribution in [0.15, 0.2) is 18.2 Å². The second-order valence-electron chi connectivity index (χ2n) is 6.14. The first kappa shape index (κ1) is 16.8. The zero-order valence-electron chi connectivity index (χ0n) is 12.7. The maximum Gasteiger partial charge on any atom is 0.339 e. The van der Waals surface area contributed by atoms with Crippen molar-refractivity contribution in [2.45, 2.75) is 27.7 Å². The molecule has 0 aliphatic rings. The van der Waals surface area contributed by atoms with Gasteiger partial charge in [-0.2, -0.15) is 0 Å². The fraction of sp³-hybridized carbons (Fsp3) is 0.467. The Morgan fingerprint density at radius 2 is 1.90 bits per heavy atom. The Morgan fingerprint density at radius 3 is 2.43 bits per heavy atom. The summed E-state index contributed by atoms with van der Waals surface area (Å²) in [6.07, 6.45) is 0. The molecule has 1 rings (SSSR count). The molecule has 2 amide bonds.